The highest BCUT2D eigenvalue weighted by Crippen LogP contribution is 2.39. The number of carbonyl (C=O) groups is 1. The minimum atomic E-state index is -1.78. The minimum absolute atomic E-state index is 0.0608. The Bertz CT molecular complexity index is 1030. The number of nitrogens with one attached hydrogen (secondary N) is 2. The first kappa shape index (κ1) is 20.2. The molecule has 0 saturated heterocycles. The molecule has 0 spiro atoms. The summed E-state index contributed by atoms with van der Waals surface area (Å²) in [5.74, 6) is -0.615. The highest BCUT2D eigenvalue weighted by atomic mass is 19.1. The smallest absolute Gasteiger partial charge is 0.414 e. The van der Waals surface area contributed by atoms with Gasteiger partial charge in [-0.3, -0.25) is 5.41 Å². The van der Waals surface area contributed by atoms with E-state index in [4.69, 9.17) is 41.7 Å². The third-order valence-corrected chi connectivity index (χ3v) is 4.26. The van der Waals surface area contributed by atoms with Crippen LogP contribution in [0.2, 0.25) is 0 Å². The minimum Gasteiger partial charge on any atom is -0.440 e. The Morgan fingerprint density at radius 1 is 1.34 bits per heavy atom. The molecule has 4 radical (unpaired) electrons. The number of nitrogen functional groups attached to an aromatic ring is 1. The van der Waals surface area contributed by atoms with E-state index in [9.17, 15) is 9.18 Å². The van der Waals surface area contributed by atoms with Crippen molar-refractivity contribution in [3.05, 3.63) is 65.5 Å². The molecule has 1 heterocycles. The standard InChI is InChI=1S/C19H15B2FN4O3/c20-19(21)13-7-6-12(28-16(25)5-2-8-23)9-15(13)29-18(27)26(19)10-11-3-1-4-14(24)17(11)22/h1-9,23,25H,10,24H2/b5-2-,23-8?,25-16?. The summed E-state index contributed by atoms with van der Waals surface area (Å²) >= 11 is 0. The van der Waals surface area contributed by atoms with E-state index in [1.54, 1.807) is 6.07 Å². The maximum absolute atomic E-state index is 14.3. The molecule has 0 saturated carbocycles. The summed E-state index contributed by atoms with van der Waals surface area (Å²) in [4.78, 5) is 13.5. The molecule has 1 amide bonds. The van der Waals surface area contributed by atoms with Gasteiger partial charge in [-0.2, -0.15) is 0 Å². The van der Waals surface area contributed by atoms with Crippen LogP contribution in [0.1, 0.15) is 11.1 Å². The van der Waals surface area contributed by atoms with Crippen LogP contribution in [0.5, 0.6) is 11.5 Å². The predicted octanol–water partition coefficient (Wildman–Crippen LogP) is 2.43. The van der Waals surface area contributed by atoms with E-state index in [0.717, 1.165) is 11.1 Å². The molecule has 0 atom stereocenters. The van der Waals surface area contributed by atoms with Crippen molar-refractivity contribution >= 4 is 39.6 Å². The monoisotopic (exact) mass is 388 g/mol. The number of fused-ring (bicyclic) bond motifs is 1. The summed E-state index contributed by atoms with van der Waals surface area (Å²) in [6.07, 6.45) is 2.72. The SMILES string of the molecule is [B]C1([B])c2ccc(OC(=N)/C=C\C=N)cc2OC(=O)N1Cc1cccc(N)c1F. The summed E-state index contributed by atoms with van der Waals surface area (Å²) in [7, 11) is 12.4. The van der Waals surface area contributed by atoms with Gasteiger partial charge >= 0.3 is 6.09 Å². The van der Waals surface area contributed by atoms with Crippen molar-refractivity contribution in [2.45, 2.75) is 11.9 Å². The first-order chi connectivity index (χ1) is 13.7. The lowest BCUT2D eigenvalue weighted by Crippen LogP contribution is -2.54. The molecule has 0 fully saturated rings. The Balaban J connectivity index is 1.89. The third kappa shape index (κ3) is 4.01. The number of nitrogens with zero attached hydrogens (tertiary/aromatic N) is 1. The van der Waals surface area contributed by atoms with Gasteiger partial charge in [-0.1, -0.05) is 18.2 Å². The van der Waals surface area contributed by atoms with Gasteiger partial charge in [0.15, 0.2) is 5.82 Å². The zero-order valence-electron chi connectivity index (χ0n) is 15.2. The van der Waals surface area contributed by atoms with Crippen LogP contribution in [0.25, 0.3) is 0 Å². The average molecular weight is 388 g/mol. The Hall–Kier alpha value is -3.55. The lowest BCUT2D eigenvalue weighted by atomic mass is 9.56. The van der Waals surface area contributed by atoms with Crippen molar-refractivity contribution in [1.82, 2.24) is 4.90 Å². The number of anilines is 1. The lowest BCUT2D eigenvalue weighted by molar-refractivity contribution is 0.120. The normalized spacial score (nSPS) is 14.9. The largest absolute Gasteiger partial charge is 0.440 e. The molecular formula is C19H15B2FN4O3. The molecule has 3 rings (SSSR count). The molecule has 1 aliphatic rings. The van der Waals surface area contributed by atoms with Crippen LogP contribution < -0.4 is 15.2 Å². The summed E-state index contributed by atoms with van der Waals surface area (Å²) < 4.78 is 24.8. The Morgan fingerprint density at radius 3 is 2.83 bits per heavy atom. The second-order valence-electron chi connectivity index (χ2n) is 6.25. The first-order valence-electron chi connectivity index (χ1n) is 8.42. The molecule has 29 heavy (non-hydrogen) atoms. The fourth-order valence-corrected chi connectivity index (χ4v) is 2.81. The van der Waals surface area contributed by atoms with Crippen LogP contribution >= 0.6 is 0 Å². The van der Waals surface area contributed by atoms with Gasteiger partial charge in [0, 0.05) is 29.5 Å². The van der Waals surface area contributed by atoms with E-state index in [-0.39, 0.29) is 40.8 Å². The molecular weight excluding hydrogens is 373 g/mol. The van der Waals surface area contributed by atoms with Crippen molar-refractivity contribution in [1.29, 1.82) is 10.8 Å². The molecule has 4 N–H and O–H groups in total. The van der Waals surface area contributed by atoms with Crippen LogP contribution in [-0.4, -0.2) is 38.8 Å². The fraction of sp³-hybridized carbons (Fsp3) is 0.105. The Labute approximate surface area is 169 Å². The number of nitrogens with two attached hydrogens (primary N) is 1. The van der Waals surface area contributed by atoms with E-state index >= 15 is 0 Å². The number of hydrogen-bond donors (Lipinski definition) is 3. The maximum Gasteiger partial charge on any atom is 0.414 e. The van der Waals surface area contributed by atoms with Gasteiger partial charge in [0.2, 0.25) is 5.90 Å². The van der Waals surface area contributed by atoms with Gasteiger partial charge < -0.3 is 25.5 Å². The highest BCUT2D eigenvalue weighted by molar-refractivity contribution is 6.41. The fourth-order valence-electron chi connectivity index (χ4n) is 2.81. The van der Waals surface area contributed by atoms with Crippen LogP contribution in [0, 0.1) is 16.6 Å². The molecule has 10 heteroatoms. The maximum atomic E-state index is 14.3. The topological polar surface area (TPSA) is 112 Å². The van der Waals surface area contributed by atoms with Crippen LogP contribution in [0.4, 0.5) is 14.9 Å². The quantitative estimate of drug-likeness (QED) is 0.316. The Morgan fingerprint density at radius 2 is 2.10 bits per heavy atom. The van der Waals surface area contributed by atoms with E-state index in [1.807, 2.05) is 0 Å². The summed E-state index contributed by atoms with van der Waals surface area (Å²) in [5.41, 5.74) is 5.92. The second kappa shape index (κ2) is 7.83. The van der Waals surface area contributed by atoms with Crippen molar-refractivity contribution in [2.24, 2.45) is 0 Å². The van der Waals surface area contributed by atoms with Gasteiger partial charge in [0.25, 0.3) is 0 Å². The van der Waals surface area contributed by atoms with Gasteiger partial charge in [0.05, 0.1) is 27.9 Å². The Kier molecular flexibility index (Phi) is 5.45. The van der Waals surface area contributed by atoms with E-state index < -0.39 is 17.2 Å². The zero-order chi connectivity index (χ0) is 21.2. The predicted molar refractivity (Wildman–Crippen MR) is 108 cm³/mol. The molecule has 1 aliphatic heterocycles. The summed E-state index contributed by atoms with van der Waals surface area (Å²) in [5, 5.41) is 12.8. The molecule has 2 aromatic carbocycles. The molecule has 0 aromatic heterocycles. The summed E-state index contributed by atoms with van der Waals surface area (Å²) in [6, 6.07) is 8.78. The average Bonchev–Trinajstić information content (AvgIpc) is 2.66. The molecule has 2 aromatic rings. The molecule has 7 nitrogen and oxygen atoms in total. The third-order valence-electron chi connectivity index (χ3n) is 4.26. The van der Waals surface area contributed by atoms with E-state index in [2.05, 4.69) is 0 Å². The zero-order valence-corrected chi connectivity index (χ0v) is 15.2. The van der Waals surface area contributed by atoms with E-state index in [1.165, 1.54) is 42.5 Å². The number of rotatable bonds is 5. The number of amides is 1. The van der Waals surface area contributed by atoms with Crippen LogP contribution in [-0.2, 0) is 11.9 Å². The van der Waals surface area contributed by atoms with Crippen molar-refractivity contribution in [3.8, 4) is 11.5 Å². The highest BCUT2D eigenvalue weighted by Gasteiger charge is 2.40. The number of benzene rings is 2. The number of halogens is 1. The van der Waals surface area contributed by atoms with Gasteiger partial charge in [-0.25, -0.2) is 9.18 Å². The molecule has 0 bridgehead atoms. The van der Waals surface area contributed by atoms with Crippen molar-refractivity contribution < 1.29 is 18.7 Å². The number of hydrogen-bond acceptors (Lipinski definition) is 6. The van der Waals surface area contributed by atoms with Crippen molar-refractivity contribution in [3.63, 3.8) is 0 Å². The summed E-state index contributed by atoms with van der Waals surface area (Å²) in [6.45, 7) is -0.251. The number of ether oxygens (including phenoxy) is 2. The second-order valence-corrected chi connectivity index (χ2v) is 6.25. The van der Waals surface area contributed by atoms with E-state index in [0.29, 0.717) is 0 Å². The van der Waals surface area contributed by atoms with Gasteiger partial charge in [0.1, 0.15) is 11.5 Å². The van der Waals surface area contributed by atoms with Crippen molar-refractivity contribution in [2.75, 3.05) is 5.73 Å². The number of allylic oxidation sites excluding steroid dienone is 1. The first-order valence-corrected chi connectivity index (χ1v) is 8.42. The van der Waals surface area contributed by atoms with Gasteiger partial charge in [-0.15, -0.1) is 0 Å². The van der Waals surface area contributed by atoms with Crippen LogP contribution in [0.3, 0.4) is 0 Å². The number of carbonyl (C=O) groups excluding carboxylic acids is 1. The molecule has 0 aliphatic carbocycles. The van der Waals surface area contributed by atoms with Gasteiger partial charge in [-0.05, 0) is 23.5 Å². The van der Waals surface area contributed by atoms with Crippen LogP contribution in [0.15, 0.2) is 48.6 Å². The lowest BCUT2D eigenvalue weighted by Gasteiger charge is -2.43. The molecule has 0 unspecified atom stereocenters. The molecule has 142 valence electrons.